The van der Waals surface area contributed by atoms with Crippen molar-refractivity contribution in [2.24, 2.45) is 5.41 Å². The first kappa shape index (κ1) is 12.1. The van der Waals surface area contributed by atoms with Crippen LogP contribution in [0, 0.1) is 12.3 Å². The van der Waals surface area contributed by atoms with E-state index in [1.807, 2.05) is 12.3 Å². The molecule has 4 nitrogen and oxygen atoms in total. The maximum atomic E-state index is 10.8. The molecular formula is C10H16N2O2S. The Bertz CT molecular complexity index is 347. The molecule has 2 N–H and O–H groups in total. The van der Waals surface area contributed by atoms with Crippen molar-refractivity contribution < 1.29 is 9.90 Å². The molecule has 0 aliphatic heterocycles. The van der Waals surface area contributed by atoms with E-state index in [-0.39, 0.29) is 0 Å². The smallest absolute Gasteiger partial charge is 0.310 e. The molecule has 0 aromatic carbocycles. The van der Waals surface area contributed by atoms with Gasteiger partial charge in [-0.05, 0) is 20.8 Å². The van der Waals surface area contributed by atoms with Gasteiger partial charge < -0.3 is 10.4 Å². The van der Waals surface area contributed by atoms with Crippen LogP contribution in [-0.2, 0) is 11.3 Å². The normalized spacial score (nSPS) is 11.7. The van der Waals surface area contributed by atoms with Gasteiger partial charge >= 0.3 is 5.97 Å². The van der Waals surface area contributed by atoms with Crippen LogP contribution in [0.3, 0.4) is 0 Å². The summed E-state index contributed by atoms with van der Waals surface area (Å²) in [6.07, 6.45) is 0. The van der Waals surface area contributed by atoms with Gasteiger partial charge in [-0.2, -0.15) is 0 Å². The molecule has 0 bridgehead atoms. The van der Waals surface area contributed by atoms with Gasteiger partial charge in [-0.1, -0.05) is 0 Å². The molecule has 1 rings (SSSR count). The summed E-state index contributed by atoms with van der Waals surface area (Å²) < 4.78 is 0. The van der Waals surface area contributed by atoms with Crippen molar-refractivity contribution in [2.45, 2.75) is 27.3 Å². The molecule has 0 saturated carbocycles. The number of carboxylic acid groups (broad SMARTS) is 1. The Morgan fingerprint density at radius 2 is 2.33 bits per heavy atom. The van der Waals surface area contributed by atoms with Crippen molar-refractivity contribution >= 4 is 17.3 Å². The molecule has 1 aromatic heterocycles. The molecule has 0 fully saturated rings. The quantitative estimate of drug-likeness (QED) is 0.804. The number of hydrogen-bond donors (Lipinski definition) is 2. The van der Waals surface area contributed by atoms with Crippen molar-refractivity contribution in [1.82, 2.24) is 10.3 Å². The molecule has 0 aliphatic carbocycles. The van der Waals surface area contributed by atoms with Crippen LogP contribution in [-0.4, -0.2) is 22.6 Å². The van der Waals surface area contributed by atoms with Gasteiger partial charge in [-0.15, -0.1) is 11.3 Å². The Morgan fingerprint density at radius 3 is 2.80 bits per heavy atom. The molecule has 84 valence electrons. The van der Waals surface area contributed by atoms with Crippen LogP contribution in [0.5, 0.6) is 0 Å². The van der Waals surface area contributed by atoms with Crippen molar-refractivity contribution in [3.63, 3.8) is 0 Å². The third-order valence-electron chi connectivity index (χ3n) is 2.12. The lowest BCUT2D eigenvalue weighted by atomic mass is 9.94. The lowest BCUT2D eigenvalue weighted by Gasteiger charge is -2.18. The number of rotatable bonds is 5. The summed E-state index contributed by atoms with van der Waals surface area (Å²) in [5.74, 6) is -0.788. The zero-order valence-corrected chi connectivity index (χ0v) is 10.0. The molecule has 15 heavy (non-hydrogen) atoms. The zero-order chi connectivity index (χ0) is 11.5. The maximum Gasteiger partial charge on any atom is 0.310 e. The maximum absolute atomic E-state index is 10.8. The van der Waals surface area contributed by atoms with Crippen molar-refractivity contribution in [3.05, 3.63) is 16.1 Å². The predicted octanol–water partition coefficient (Wildman–Crippen LogP) is 1.65. The van der Waals surface area contributed by atoms with Gasteiger partial charge in [0.2, 0.25) is 0 Å². The van der Waals surface area contributed by atoms with Crippen LogP contribution < -0.4 is 5.32 Å². The summed E-state index contributed by atoms with van der Waals surface area (Å²) in [5, 5.41) is 15.0. The Morgan fingerprint density at radius 1 is 1.67 bits per heavy atom. The molecule has 1 aromatic rings. The Hall–Kier alpha value is -0.940. The summed E-state index contributed by atoms with van der Waals surface area (Å²) in [6.45, 7) is 6.43. The Labute approximate surface area is 93.4 Å². The van der Waals surface area contributed by atoms with Gasteiger partial charge in [0.05, 0.1) is 16.1 Å². The summed E-state index contributed by atoms with van der Waals surface area (Å²) in [5.41, 5.74) is 0.240. The first-order valence-corrected chi connectivity index (χ1v) is 5.65. The molecule has 0 atom stereocenters. The summed E-state index contributed by atoms with van der Waals surface area (Å²) >= 11 is 1.60. The van der Waals surface area contributed by atoms with Crippen molar-refractivity contribution in [3.8, 4) is 0 Å². The van der Waals surface area contributed by atoms with E-state index in [4.69, 9.17) is 5.11 Å². The number of aryl methyl sites for hydroxylation is 1. The molecule has 0 spiro atoms. The second-order valence-electron chi connectivity index (χ2n) is 4.15. The first-order chi connectivity index (χ1) is 6.92. The van der Waals surface area contributed by atoms with E-state index in [1.54, 1.807) is 25.2 Å². The second-order valence-corrected chi connectivity index (χ2v) is 5.21. The van der Waals surface area contributed by atoms with Crippen LogP contribution in [0.4, 0.5) is 0 Å². The number of aromatic nitrogens is 1. The van der Waals surface area contributed by atoms with Gasteiger partial charge in [0.1, 0.15) is 0 Å². The first-order valence-electron chi connectivity index (χ1n) is 4.77. The fraction of sp³-hybridized carbons (Fsp3) is 0.600. The molecule has 0 amide bonds. The third kappa shape index (κ3) is 3.60. The van der Waals surface area contributed by atoms with Crippen LogP contribution in [0.25, 0.3) is 0 Å². The van der Waals surface area contributed by atoms with Crippen LogP contribution in [0.2, 0.25) is 0 Å². The van der Waals surface area contributed by atoms with Gasteiger partial charge in [-0.25, -0.2) is 4.98 Å². The number of hydrogen-bond acceptors (Lipinski definition) is 4. The Kier molecular flexibility index (Phi) is 3.82. The van der Waals surface area contributed by atoms with Gasteiger partial charge in [-0.3, -0.25) is 4.79 Å². The van der Waals surface area contributed by atoms with E-state index >= 15 is 0 Å². The topological polar surface area (TPSA) is 62.2 Å². The fourth-order valence-electron chi connectivity index (χ4n) is 1.07. The highest BCUT2D eigenvalue weighted by molar-refractivity contribution is 7.09. The number of aliphatic carboxylic acids is 1. The van der Waals surface area contributed by atoms with E-state index in [2.05, 4.69) is 10.3 Å². The monoisotopic (exact) mass is 228 g/mol. The minimum absolute atomic E-state index is 0.443. The van der Waals surface area contributed by atoms with Gasteiger partial charge in [0, 0.05) is 18.5 Å². The van der Waals surface area contributed by atoms with E-state index in [0.717, 1.165) is 10.7 Å². The third-order valence-corrected chi connectivity index (χ3v) is 2.94. The highest BCUT2D eigenvalue weighted by Gasteiger charge is 2.26. The average Bonchev–Trinajstić information content (AvgIpc) is 2.51. The standard InChI is InChI=1S/C10H16N2O2S/c1-7-12-8(5-15-7)4-11-6-10(2,3)9(13)14/h5,11H,4,6H2,1-3H3,(H,13,14). The number of nitrogens with one attached hydrogen (secondary N) is 1. The molecule has 0 radical (unpaired) electrons. The highest BCUT2D eigenvalue weighted by Crippen LogP contribution is 2.14. The summed E-state index contributed by atoms with van der Waals surface area (Å²) in [4.78, 5) is 15.1. The summed E-state index contributed by atoms with van der Waals surface area (Å²) in [7, 11) is 0. The van der Waals surface area contributed by atoms with Crippen molar-refractivity contribution in [2.75, 3.05) is 6.54 Å². The van der Waals surface area contributed by atoms with Crippen LogP contribution in [0.1, 0.15) is 24.5 Å². The van der Waals surface area contributed by atoms with Crippen LogP contribution >= 0.6 is 11.3 Å². The molecule has 0 unspecified atom stereocenters. The average molecular weight is 228 g/mol. The number of thiazole rings is 1. The largest absolute Gasteiger partial charge is 0.481 e. The number of carboxylic acids is 1. The second kappa shape index (κ2) is 4.72. The van der Waals surface area contributed by atoms with E-state index in [0.29, 0.717) is 13.1 Å². The number of nitrogens with zero attached hydrogens (tertiary/aromatic N) is 1. The lowest BCUT2D eigenvalue weighted by Crippen LogP contribution is -2.35. The van der Waals surface area contributed by atoms with Crippen LogP contribution in [0.15, 0.2) is 5.38 Å². The fourth-order valence-corrected chi connectivity index (χ4v) is 1.68. The highest BCUT2D eigenvalue weighted by atomic mass is 32.1. The molecule has 5 heteroatoms. The Balaban J connectivity index is 2.36. The number of carbonyl (C=O) groups is 1. The van der Waals surface area contributed by atoms with Gasteiger partial charge in [0.15, 0.2) is 0 Å². The lowest BCUT2D eigenvalue weighted by molar-refractivity contribution is -0.146. The van der Waals surface area contributed by atoms with E-state index in [1.165, 1.54) is 0 Å². The van der Waals surface area contributed by atoms with E-state index < -0.39 is 11.4 Å². The predicted molar refractivity (Wildman–Crippen MR) is 60.0 cm³/mol. The van der Waals surface area contributed by atoms with Crippen molar-refractivity contribution in [1.29, 1.82) is 0 Å². The minimum atomic E-state index is -0.788. The summed E-state index contributed by atoms with van der Waals surface area (Å²) in [6, 6.07) is 0. The SMILES string of the molecule is Cc1nc(CNCC(C)(C)C(=O)O)cs1. The minimum Gasteiger partial charge on any atom is -0.481 e. The molecule has 0 aliphatic rings. The molecule has 0 saturated heterocycles. The molecule has 1 heterocycles. The molecular weight excluding hydrogens is 212 g/mol. The van der Waals surface area contributed by atoms with E-state index in [9.17, 15) is 4.79 Å². The van der Waals surface area contributed by atoms with Gasteiger partial charge in [0.25, 0.3) is 0 Å². The zero-order valence-electron chi connectivity index (χ0n) is 9.20.